The van der Waals surface area contributed by atoms with Crippen molar-refractivity contribution in [1.29, 1.82) is 0 Å². The largest absolute Gasteiger partial charge is 0.372 e. The lowest BCUT2D eigenvalue weighted by molar-refractivity contribution is -0.125. The fourth-order valence-corrected chi connectivity index (χ4v) is 0.834. The molecule has 1 atom stereocenters. The first-order valence-corrected chi connectivity index (χ1v) is 5.25. The highest BCUT2D eigenvalue weighted by Crippen LogP contribution is 1.89. The third-order valence-electron chi connectivity index (χ3n) is 1.93. The van der Waals surface area contributed by atoms with E-state index in [0.717, 1.165) is 12.8 Å². The molecule has 92 valence electrons. The molecule has 0 spiro atoms. The van der Waals surface area contributed by atoms with Gasteiger partial charge in [0.2, 0.25) is 5.91 Å². The van der Waals surface area contributed by atoms with E-state index in [1.807, 2.05) is 6.92 Å². The van der Waals surface area contributed by atoms with E-state index >= 15 is 0 Å². The van der Waals surface area contributed by atoms with Crippen LogP contribution in [0.3, 0.4) is 0 Å². The zero-order chi connectivity index (χ0) is 10.8. The molecule has 0 aliphatic rings. The van der Waals surface area contributed by atoms with Crippen molar-refractivity contribution in [1.82, 2.24) is 5.32 Å². The number of hydrogen-bond donors (Lipinski definition) is 2. The summed E-state index contributed by atoms with van der Waals surface area (Å²) in [7, 11) is 0. The van der Waals surface area contributed by atoms with E-state index in [1.165, 1.54) is 0 Å². The molecule has 0 aromatic rings. The first-order valence-electron chi connectivity index (χ1n) is 5.25. The first kappa shape index (κ1) is 17.1. The minimum atomic E-state index is -0.0543. The Morgan fingerprint density at radius 2 is 2.20 bits per heavy atom. The molecule has 0 bridgehead atoms. The molecule has 0 aliphatic carbocycles. The Hall–Kier alpha value is -0.320. The van der Waals surface area contributed by atoms with Gasteiger partial charge in [0, 0.05) is 13.2 Å². The number of ether oxygens (including phenoxy) is 1. The van der Waals surface area contributed by atoms with Gasteiger partial charge in [-0.3, -0.25) is 4.79 Å². The third-order valence-corrected chi connectivity index (χ3v) is 1.93. The molecule has 1 amide bonds. The van der Waals surface area contributed by atoms with Crippen LogP contribution < -0.4 is 11.1 Å². The summed E-state index contributed by atoms with van der Waals surface area (Å²) < 4.78 is 5.16. The van der Waals surface area contributed by atoms with Crippen molar-refractivity contribution in [3.63, 3.8) is 0 Å². The van der Waals surface area contributed by atoms with Crippen molar-refractivity contribution in [3.8, 4) is 0 Å². The maximum absolute atomic E-state index is 11.1. The second-order valence-electron chi connectivity index (χ2n) is 3.55. The Labute approximate surface area is 98.3 Å². The van der Waals surface area contributed by atoms with Crippen LogP contribution in [0.1, 0.15) is 26.7 Å². The molecule has 1 unspecified atom stereocenters. The fraction of sp³-hybridized carbons (Fsp3) is 0.900. The number of hydrogen-bond acceptors (Lipinski definition) is 3. The zero-order valence-corrected chi connectivity index (χ0v) is 10.4. The van der Waals surface area contributed by atoms with E-state index in [9.17, 15) is 4.79 Å². The molecule has 0 aliphatic heterocycles. The van der Waals surface area contributed by atoms with Gasteiger partial charge in [0.25, 0.3) is 0 Å². The molecule has 5 heteroatoms. The van der Waals surface area contributed by atoms with Gasteiger partial charge in [-0.2, -0.15) is 0 Å². The average Bonchev–Trinajstić information content (AvgIpc) is 2.21. The highest BCUT2D eigenvalue weighted by atomic mass is 35.5. The van der Waals surface area contributed by atoms with Gasteiger partial charge < -0.3 is 15.8 Å². The van der Waals surface area contributed by atoms with Gasteiger partial charge in [-0.15, -0.1) is 12.4 Å². The molecular formula is C10H23ClN2O2. The predicted molar refractivity (Wildman–Crippen MR) is 64.2 cm³/mol. The van der Waals surface area contributed by atoms with Crippen LogP contribution in [-0.2, 0) is 9.53 Å². The summed E-state index contributed by atoms with van der Waals surface area (Å²) in [5.74, 6) is 0.274. The van der Waals surface area contributed by atoms with Crippen molar-refractivity contribution in [2.75, 3.05) is 26.3 Å². The van der Waals surface area contributed by atoms with Crippen molar-refractivity contribution >= 4 is 18.3 Å². The predicted octanol–water partition coefficient (Wildman–Crippen LogP) is 0.936. The molecular weight excluding hydrogens is 216 g/mol. The SMILES string of the molecule is CCCCOCC(=O)NCC(C)CN.Cl. The van der Waals surface area contributed by atoms with E-state index in [1.54, 1.807) is 0 Å². The molecule has 0 rings (SSSR count). The highest BCUT2D eigenvalue weighted by Gasteiger charge is 2.03. The lowest BCUT2D eigenvalue weighted by Crippen LogP contribution is -2.33. The van der Waals surface area contributed by atoms with E-state index in [0.29, 0.717) is 25.6 Å². The lowest BCUT2D eigenvalue weighted by Gasteiger charge is -2.10. The summed E-state index contributed by atoms with van der Waals surface area (Å²) in [6, 6.07) is 0. The molecule has 15 heavy (non-hydrogen) atoms. The quantitative estimate of drug-likeness (QED) is 0.619. The number of rotatable bonds is 8. The molecule has 4 nitrogen and oxygen atoms in total. The van der Waals surface area contributed by atoms with Crippen LogP contribution in [0.25, 0.3) is 0 Å². The molecule has 0 saturated heterocycles. The Balaban J connectivity index is 0. The first-order chi connectivity index (χ1) is 6.70. The van der Waals surface area contributed by atoms with Gasteiger partial charge in [0.05, 0.1) is 0 Å². The van der Waals surface area contributed by atoms with Gasteiger partial charge in [-0.1, -0.05) is 20.3 Å². The molecule has 3 N–H and O–H groups in total. The van der Waals surface area contributed by atoms with E-state index in [2.05, 4.69) is 12.2 Å². The summed E-state index contributed by atoms with van der Waals surface area (Å²) in [4.78, 5) is 11.1. The lowest BCUT2D eigenvalue weighted by atomic mass is 10.2. The molecule has 0 aromatic carbocycles. The zero-order valence-electron chi connectivity index (χ0n) is 9.62. The van der Waals surface area contributed by atoms with E-state index in [-0.39, 0.29) is 24.9 Å². The normalized spacial score (nSPS) is 11.7. The minimum absolute atomic E-state index is 0. The van der Waals surface area contributed by atoms with Crippen molar-refractivity contribution in [3.05, 3.63) is 0 Å². The second kappa shape index (κ2) is 11.8. The maximum atomic E-state index is 11.1. The van der Waals surface area contributed by atoms with Gasteiger partial charge >= 0.3 is 0 Å². The second-order valence-corrected chi connectivity index (χ2v) is 3.55. The highest BCUT2D eigenvalue weighted by molar-refractivity contribution is 5.85. The van der Waals surface area contributed by atoms with E-state index < -0.39 is 0 Å². The van der Waals surface area contributed by atoms with Crippen LogP contribution in [0, 0.1) is 5.92 Å². The molecule has 0 fully saturated rings. The number of amides is 1. The van der Waals surface area contributed by atoms with Gasteiger partial charge in [0.15, 0.2) is 0 Å². The topological polar surface area (TPSA) is 64.3 Å². The number of halogens is 1. The number of nitrogens with two attached hydrogens (primary N) is 1. The standard InChI is InChI=1S/C10H22N2O2.ClH/c1-3-4-5-14-8-10(13)12-7-9(2)6-11;/h9H,3-8,11H2,1-2H3,(H,12,13);1H. The summed E-state index contributed by atoms with van der Waals surface area (Å²) in [6.07, 6.45) is 2.10. The number of nitrogens with one attached hydrogen (secondary N) is 1. The van der Waals surface area contributed by atoms with Crippen LogP contribution in [0.15, 0.2) is 0 Å². The molecule has 0 heterocycles. The molecule has 0 saturated carbocycles. The summed E-state index contributed by atoms with van der Waals surface area (Å²) in [5, 5.41) is 2.77. The van der Waals surface area contributed by atoms with E-state index in [4.69, 9.17) is 10.5 Å². The minimum Gasteiger partial charge on any atom is -0.372 e. The summed E-state index contributed by atoms with van der Waals surface area (Å²) >= 11 is 0. The van der Waals surface area contributed by atoms with Gasteiger partial charge in [0.1, 0.15) is 6.61 Å². The monoisotopic (exact) mass is 238 g/mol. The maximum Gasteiger partial charge on any atom is 0.246 e. The van der Waals surface area contributed by atoms with Crippen LogP contribution in [0.4, 0.5) is 0 Å². The number of carbonyl (C=O) groups excluding carboxylic acids is 1. The molecule has 0 aromatic heterocycles. The number of unbranched alkanes of at least 4 members (excludes halogenated alkanes) is 1. The van der Waals surface area contributed by atoms with Crippen molar-refractivity contribution in [2.45, 2.75) is 26.7 Å². The number of carbonyl (C=O) groups is 1. The Morgan fingerprint density at radius 1 is 1.53 bits per heavy atom. The Morgan fingerprint density at radius 3 is 2.73 bits per heavy atom. The van der Waals surface area contributed by atoms with Crippen LogP contribution in [0.2, 0.25) is 0 Å². The average molecular weight is 239 g/mol. The van der Waals surface area contributed by atoms with Crippen LogP contribution in [-0.4, -0.2) is 32.2 Å². The van der Waals surface area contributed by atoms with Crippen molar-refractivity contribution in [2.24, 2.45) is 11.7 Å². The van der Waals surface area contributed by atoms with Gasteiger partial charge in [-0.05, 0) is 18.9 Å². The summed E-state index contributed by atoms with van der Waals surface area (Å²) in [5.41, 5.74) is 5.42. The summed E-state index contributed by atoms with van der Waals surface area (Å²) in [6.45, 7) is 6.14. The van der Waals surface area contributed by atoms with Crippen LogP contribution in [0.5, 0.6) is 0 Å². The van der Waals surface area contributed by atoms with Crippen molar-refractivity contribution < 1.29 is 9.53 Å². The van der Waals surface area contributed by atoms with Gasteiger partial charge in [-0.25, -0.2) is 0 Å². The fourth-order valence-electron chi connectivity index (χ4n) is 0.834. The van der Waals surface area contributed by atoms with Crippen LogP contribution >= 0.6 is 12.4 Å². The molecule has 0 radical (unpaired) electrons. The Kier molecular flexibility index (Phi) is 13.4. The Bertz CT molecular complexity index is 156. The third kappa shape index (κ3) is 11.6. The smallest absolute Gasteiger partial charge is 0.246 e.